The minimum atomic E-state index is -3.32. The van der Waals surface area contributed by atoms with E-state index in [1.54, 1.807) is 0 Å². The van der Waals surface area contributed by atoms with E-state index in [0.29, 0.717) is 19.6 Å². The smallest absolute Gasteiger partial charge is 0.222 e. The maximum absolute atomic E-state index is 12.6. The van der Waals surface area contributed by atoms with Crippen molar-refractivity contribution < 1.29 is 17.9 Å². The van der Waals surface area contributed by atoms with Crippen LogP contribution < -0.4 is 4.72 Å². The summed E-state index contributed by atoms with van der Waals surface area (Å²) in [4.78, 5) is 14.4. The number of piperidine rings is 1. The summed E-state index contributed by atoms with van der Waals surface area (Å²) in [7, 11) is -3.32. The molecule has 2 aliphatic rings. The van der Waals surface area contributed by atoms with Gasteiger partial charge in [0.1, 0.15) is 0 Å². The first-order valence-electron chi connectivity index (χ1n) is 10.6. The molecule has 0 aromatic carbocycles. The lowest BCUT2D eigenvalue weighted by molar-refractivity contribution is -0.138. The van der Waals surface area contributed by atoms with Crippen molar-refractivity contribution in [1.82, 2.24) is 9.62 Å². The van der Waals surface area contributed by atoms with Crippen LogP contribution in [-0.2, 0) is 19.6 Å². The van der Waals surface area contributed by atoms with Gasteiger partial charge in [-0.15, -0.1) is 0 Å². The van der Waals surface area contributed by atoms with E-state index in [2.05, 4.69) is 18.6 Å². The number of hydrogen-bond donors (Lipinski definition) is 1. The van der Waals surface area contributed by atoms with Crippen LogP contribution in [0.3, 0.4) is 0 Å². The number of hydrogen-bond acceptors (Lipinski definition) is 4. The summed E-state index contributed by atoms with van der Waals surface area (Å²) < 4.78 is 32.6. The van der Waals surface area contributed by atoms with Crippen LogP contribution >= 0.6 is 0 Å². The van der Waals surface area contributed by atoms with Gasteiger partial charge in [-0.2, -0.15) is 0 Å². The maximum Gasteiger partial charge on any atom is 0.222 e. The standard InChI is InChI=1S/C20H38N2O4S/c1-5-7-20(23)22-13-6-8-18(21-27(4,24)25)19(22)14-26-17-11-9-16(10-12-17)15(2)3/h15-19,21H,5-14H2,1-4H3/t16?,17?,18-,19-/m0/s1. The molecule has 158 valence electrons. The number of carbonyl (C=O) groups excluding carboxylic acids is 1. The number of amides is 1. The third-order valence-corrected chi connectivity index (χ3v) is 6.82. The zero-order chi connectivity index (χ0) is 20.0. The van der Waals surface area contributed by atoms with Crippen molar-refractivity contribution in [3.05, 3.63) is 0 Å². The molecule has 0 aromatic rings. The van der Waals surface area contributed by atoms with Gasteiger partial charge in [-0.05, 0) is 56.8 Å². The second-order valence-electron chi connectivity index (χ2n) is 8.66. The molecule has 2 atom stereocenters. The van der Waals surface area contributed by atoms with Gasteiger partial charge in [0.2, 0.25) is 15.9 Å². The van der Waals surface area contributed by atoms with Gasteiger partial charge in [0.25, 0.3) is 0 Å². The van der Waals surface area contributed by atoms with Gasteiger partial charge < -0.3 is 9.64 Å². The molecule has 6 nitrogen and oxygen atoms in total. The van der Waals surface area contributed by atoms with Crippen LogP contribution in [-0.4, -0.2) is 56.8 Å². The molecule has 1 saturated carbocycles. The van der Waals surface area contributed by atoms with Gasteiger partial charge in [-0.1, -0.05) is 20.8 Å². The molecule has 1 saturated heterocycles. The van der Waals surface area contributed by atoms with Crippen molar-refractivity contribution in [2.24, 2.45) is 11.8 Å². The first-order valence-corrected chi connectivity index (χ1v) is 12.5. The summed E-state index contributed by atoms with van der Waals surface area (Å²) in [5.41, 5.74) is 0. The van der Waals surface area contributed by atoms with E-state index in [4.69, 9.17) is 4.74 Å². The Morgan fingerprint density at radius 1 is 1.19 bits per heavy atom. The van der Waals surface area contributed by atoms with Crippen LogP contribution in [0.4, 0.5) is 0 Å². The number of ether oxygens (including phenoxy) is 1. The lowest BCUT2D eigenvalue weighted by atomic mass is 9.80. The average Bonchev–Trinajstić information content (AvgIpc) is 2.59. The molecule has 0 spiro atoms. The Bertz CT molecular complexity index is 571. The molecule has 1 aliphatic heterocycles. The van der Waals surface area contributed by atoms with E-state index in [1.807, 2.05) is 11.8 Å². The van der Waals surface area contributed by atoms with Gasteiger partial charge in [0, 0.05) is 19.0 Å². The van der Waals surface area contributed by atoms with Gasteiger partial charge in [0.05, 0.1) is 25.0 Å². The summed E-state index contributed by atoms with van der Waals surface area (Å²) in [5.74, 6) is 1.60. The Morgan fingerprint density at radius 2 is 1.85 bits per heavy atom. The van der Waals surface area contributed by atoms with E-state index in [-0.39, 0.29) is 24.1 Å². The molecule has 1 N–H and O–H groups in total. The third kappa shape index (κ3) is 7.02. The molecule has 2 rings (SSSR count). The van der Waals surface area contributed by atoms with Crippen LogP contribution in [0.25, 0.3) is 0 Å². The minimum absolute atomic E-state index is 0.106. The molecule has 27 heavy (non-hydrogen) atoms. The minimum Gasteiger partial charge on any atom is -0.376 e. The Hall–Kier alpha value is -0.660. The molecule has 7 heteroatoms. The average molecular weight is 403 g/mol. The molecular formula is C20H38N2O4S. The van der Waals surface area contributed by atoms with Gasteiger partial charge in [-0.3, -0.25) is 4.79 Å². The van der Waals surface area contributed by atoms with Crippen molar-refractivity contribution >= 4 is 15.9 Å². The highest BCUT2D eigenvalue weighted by Crippen LogP contribution is 2.32. The maximum atomic E-state index is 12.6. The first-order chi connectivity index (χ1) is 12.7. The topological polar surface area (TPSA) is 75.7 Å². The number of rotatable bonds is 8. The quantitative estimate of drug-likeness (QED) is 0.677. The van der Waals surface area contributed by atoms with E-state index in [1.165, 1.54) is 19.1 Å². The third-order valence-electron chi connectivity index (χ3n) is 6.09. The highest BCUT2D eigenvalue weighted by molar-refractivity contribution is 7.88. The molecule has 2 fully saturated rings. The Kier molecular flexibility index (Phi) is 8.56. The fourth-order valence-electron chi connectivity index (χ4n) is 4.50. The zero-order valence-corrected chi connectivity index (χ0v) is 18.3. The number of carbonyl (C=O) groups is 1. The highest BCUT2D eigenvalue weighted by Gasteiger charge is 2.36. The van der Waals surface area contributed by atoms with Crippen LogP contribution in [0.1, 0.15) is 72.1 Å². The second-order valence-corrected chi connectivity index (χ2v) is 10.4. The fraction of sp³-hybridized carbons (Fsp3) is 0.950. The normalized spacial score (nSPS) is 29.9. The second kappa shape index (κ2) is 10.2. The lowest BCUT2D eigenvalue weighted by Gasteiger charge is -2.42. The molecule has 0 bridgehead atoms. The van der Waals surface area contributed by atoms with Crippen molar-refractivity contribution in [2.45, 2.75) is 90.3 Å². The fourth-order valence-corrected chi connectivity index (χ4v) is 5.32. The predicted molar refractivity (Wildman–Crippen MR) is 108 cm³/mol. The van der Waals surface area contributed by atoms with Crippen molar-refractivity contribution in [3.8, 4) is 0 Å². The summed E-state index contributed by atoms with van der Waals surface area (Å²) in [6.45, 7) is 7.67. The van der Waals surface area contributed by atoms with E-state index in [9.17, 15) is 13.2 Å². The Balaban J connectivity index is 2.00. The molecule has 1 heterocycles. The van der Waals surface area contributed by atoms with Crippen LogP contribution in [0.15, 0.2) is 0 Å². The predicted octanol–water partition coefficient (Wildman–Crippen LogP) is 2.93. The largest absolute Gasteiger partial charge is 0.376 e. The number of sulfonamides is 1. The molecule has 1 amide bonds. The lowest BCUT2D eigenvalue weighted by Crippen LogP contribution is -2.59. The van der Waals surface area contributed by atoms with Crippen LogP contribution in [0.5, 0.6) is 0 Å². The van der Waals surface area contributed by atoms with Crippen LogP contribution in [0, 0.1) is 11.8 Å². The first kappa shape index (κ1) is 22.6. The molecule has 0 unspecified atom stereocenters. The molecular weight excluding hydrogens is 364 g/mol. The van der Waals surface area contributed by atoms with Crippen molar-refractivity contribution in [2.75, 3.05) is 19.4 Å². The van der Waals surface area contributed by atoms with E-state index < -0.39 is 10.0 Å². The highest BCUT2D eigenvalue weighted by atomic mass is 32.2. The summed E-state index contributed by atoms with van der Waals surface area (Å²) in [5, 5.41) is 0. The van der Waals surface area contributed by atoms with Crippen molar-refractivity contribution in [1.29, 1.82) is 0 Å². The monoisotopic (exact) mass is 402 g/mol. The summed E-state index contributed by atoms with van der Waals surface area (Å²) >= 11 is 0. The zero-order valence-electron chi connectivity index (χ0n) is 17.4. The molecule has 1 aliphatic carbocycles. The van der Waals surface area contributed by atoms with Gasteiger partial charge in [0.15, 0.2) is 0 Å². The van der Waals surface area contributed by atoms with Crippen molar-refractivity contribution in [3.63, 3.8) is 0 Å². The number of nitrogens with zero attached hydrogens (tertiary/aromatic N) is 1. The summed E-state index contributed by atoms with van der Waals surface area (Å²) in [6.07, 6.45) is 8.77. The van der Waals surface area contributed by atoms with E-state index in [0.717, 1.165) is 43.9 Å². The SMILES string of the molecule is CCCC(=O)N1CCC[C@H](NS(C)(=O)=O)[C@@H]1COC1CCC(C(C)C)CC1. The van der Waals surface area contributed by atoms with E-state index >= 15 is 0 Å². The van der Waals surface area contributed by atoms with Crippen LogP contribution in [0.2, 0.25) is 0 Å². The number of nitrogens with one attached hydrogen (secondary N) is 1. The number of likely N-dealkylation sites (tertiary alicyclic amines) is 1. The van der Waals surface area contributed by atoms with Gasteiger partial charge in [-0.25, -0.2) is 13.1 Å². The van der Waals surface area contributed by atoms with Gasteiger partial charge >= 0.3 is 0 Å². The summed E-state index contributed by atoms with van der Waals surface area (Å²) in [6, 6.07) is -0.475. The molecule has 0 radical (unpaired) electrons. The Labute approximate surface area is 165 Å². The Morgan fingerprint density at radius 3 is 2.41 bits per heavy atom. The molecule has 0 aromatic heterocycles.